The third-order valence-corrected chi connectivity index (χ3v) is 3.11. The summed E-state index contributed by atoms with van der Waals surface area (Å²) in [4.78, 5) is 12.0. The maximum absolute atomic E-state index is 12.0. The summed E-state index contributed by atoms with van der Waals surface area (Å²) < 4.78 is 50.0. The van der Waals surface area contributed by atoms with E-state index in [9.17, 15) is 4.79 Å². The summed E-state index contributed by atoms with van der Waals surface area (Å²) in [6.45, 7) is 0. The van der Waals surface area contributed by atoms with Crippen LogP contribution in [0.25, 0.3) is 0 Å². The first-order valence-corrected chi connectivity index (χ1v) is 5.74. The van der Waals surface area contributed by atoms with Crippen LogP contribution in [0, 0.1) is 0 Å². The van der Waals surface area contributed by atoms with Crippen molar-refractivity contribution in [2.45, 2.75) is 11.7 Å². The minimum absolute atomic E-state index is 0.0601. The topological polar surface area (TPSA) is 38.8 Å². The van der Waals surface area contributed by atoms with E-state index in [4.69, 9.17) is 16.3 Å². The van der Waals surface area contributed by atoms with E-state index in [0.29, 0.717) is 5.56 Å². The highest BCUT2D eigenvalue weighted by atomic mass is 16.7. The van der Waals surface area contributed by atoms with E-state index in [0.717, 1.165) is 0 Å². The van der Waals surface area contributed by atoms with Gasteiger partial charge < -0.3 is 9.47 Å². The summed E-state index contributed by atoms with van der Waals surface area (Å²) >= 11 is 0. The molecule has 2 aromatic rings. The lowest BCUT2D eigenvalue weighted by Crippen LogP contribution is -2.21. The van der Waals surface area contributed by atoms with Crippen molar-refractivity contribution in [1.29, 1.82) is 0 Å². The molecule has 0 N–H and O–H groups in total. The lowest BCUT2D eigenvalue weighted by molar-refractivity contribution is -0.142. The van der Waals surface area contributed by atoms with Crippen LogP contribution in [0.2, 0.25) is 0 Å². The zero-order chi connectivity index (χ0) is 17.6. The molecule has 3 heteroatoms. The van der Waals surface area contributed by atoms with Gasteiger partial charge in [0, 0.05) is 0 Å². The second-order valence-electron chi connectivity index (χ2n) is 4.12. The van der Waals surface area contributed by atoms with Gasteiger partial charge in [-0.25, -0.2) is 4.79 Å². The zero-order valence-electron chi connectivity index (χ0n) is 15.2. The third kappa shape index (κ3) is 1.83. The van der Waals surface area contributed by atoms with Crippen LogP contribution >= 0.6 is 0 Å². The highest BCUT2D eigenvalue weighted by Crippen LogP contribution is 2.51. The Bertz CT molecular complexity index is 795. The van der Waals surface area contributed by atoms with Gasteiger partial charge in [0.1, 0.15) is 0 Å². The fraction of sp³-hybridized carbons (Fsp3) is 0.188. The first-order valence-electron chi connectivity index (χ1n) is 8.24. The van der Waals surface area contributed by atoms with Crippen LogP contribution in [-0.4, -0.2) is 19.2 Å². The summed E-state index contributed by atoms with van der Waals surface area (Å²) in [5.41, 5.74) is -0.976. The highest BCUT2D eigenvalue weighted by Gasteiger charge is 2.63. The summed E-state index contributed by atoms with van der Waals surface area (Å²) in [6.07, 6.45) is -1.06. The SMILES string of the molecule is [2H]c1c([2H])c([2H])c([C@@]2(c3ccccc3)O[C@H]2C(=O)OC)c([2H])c1[2H]. The average molecular weight is 259 g/mol. The number of ether oxygens (including phenoxy) is 2. The number of hydrogen-bond donors (Lipinski definition) is 0. The smallest absolute Gasteiger partial charge is 0.338 e. The Morgan fingerprint density at radius 1 is 1.21 bits per heavy atom. The van der Waals surface area contributed by atoms with Crippen LogP contribution in [0.1, 0.15) is 18.0 Å². The van der Waals surface area contributed by atoms with Crippen molar-refractivity contribution in [3.8, 4) is 0 Å². The summed E-state index contributed by atoms with van der Waals surface area (Å²) in [6, 6.07) is 6.37. The van der Waals surface area contributed by atoms with Crippen LogP contribution < -0.4 is 0 Å². The van der Waals surface area contributed by atoms with Crippen LogP contribution in [0.5, 0.6) is 0 Å². The van der Waals surface area contributed by atoms with Crippen LogP contribution in [0.15, 0.2) is 60.5 Å². The van der Waals surface area contributed by atoms with Crippen LogP contribution in [0.4, 0.5) is 0 Å². The normalized spacial score (nSPS) is 28.5. The molecule has 3 nitrogen and oxygen atoms in total. The molecule has 0 spiro atoms. The molecule has 2 aromatic carbocycles. The van der Waals surface area contributed by atoms with Gasteiger partial charge in [0.2, 0.25) is 0 Å². The molecule has 0 bridgehead atoms. The molecule has 0 radical (unpaired) electrons. The molecule has 0 aliphatic carbocycles. The van der Waals surface area contributed by atoms with E-state index in [1.165, 1.54) is 7.11 Å². The number of hydrogen-bond acceptors (Lipinski definition) is 3. The van der Waals surface area contributed by atoms with E-state index in [1.807, 2.05) is 0 Å². The lowest BCUT2D eigenvalue weighted by Gasteiger charge is -2.13. The summed E-state index contributed by atoms with van der Waals surface area (Å²) in [7, 11) is 1.21. The molecule has 1 fully saturated rings. The number of carbonyl (C=O) groups is 1. The molecule has 19 heavy (non-hydrogen) atoms. The van der Waals surface area contributed by atoms with Gasteiger partial charge in [-0.3, -0.25) is 0 Å². The molecule has 96 valence electrons. The van der Waals surface area contributed by atoms with Gasteiger partial charge in [-0.15, -0.1) is 0 Å². The minimum Gasteiger partial charge on any atom is -0.467 e. The van der Waals surface area contributed by atoms with Crippen molar-refractivity contribution >= 4 is 5.97 Å². The number of epoxide rings is 1. The number of esters is 1. The predicted molar refractivity (Wildman–Crippen MR) is 70.6 cm³/mol. The lowest BCUT2D eigenvalue weighted by atomic mass is 9.88. The second-order valence-corrected chi connectivity index (χ2v) is 4.12. The van der Waals surface area contributed by atoms with Gasteiger partial charge in [-0.2, -0.15) is 0 Å². The molecule has 0 saturated carbocycles. The number of methoxy groups -OCH3 is 1. The van der Waals surface area contributed by atoms with Crippen molar-refractivity contribution in [2.24, 2.45) is 0 Å². The maximum Gasteiger partial charge on any atom is 0.338 e. The molecule has 1 saturated heterocycles. The van der Waals surface area contributed by atoms with Gasteiger partial charge >= 0.3 is 5.97 Å². The molecule has 0 aromatic heterocycles. The second kappa shape index (κ2) is 4.52. The van der Waals surface area contributed by atoms with E-state index in [-0.39, 0.29) is 5.56 Å². The number of rotatable bonds is 3. The standard InChI is InChI=1S/C16H14O3/c1-18-15(17)14-16(19-14,12-8-4-2-5-9-12)13-10-6-3-7-11-13/h2-11,14H,1H3/t14-/m0/s1/i2D,4D,5D,8D,9D/t14-,16-. The van der Waals surface area contributed by atoms with Crippen molar-refractivity contribution in [3.63, 3.8) is 0 Å². The molecule has 1 aliphatic rings. The maximum atomic E-state index is 12.0. The number of carbonyl (C=O) groups excluding carboxylic acids is 1. The Kier molecular flexibility index (Phi) is 1.77. The number of benzene rings is 2. The van der Waals surface area contributed by atoms with Gasteiger partial charge in [0.25, 0.3) is 0 Å². The Morgan fingerprint density at radius 3 is 2.53 bits per heavy atom. The molecule has 3 rings (SSSR count). The Balaban J connectivity index is 2.30. The van der Waals surface area contributed by atoms with E-state index in [1.54, 1.807) is 30.3 Å². The van der Waals surface area contributed by atoms with E-state index < -0.39 is 47.9 Å². The minimum atomic E-state index is -1.44. The summed E-state index contributed by atoms with van der Waals surface area (Å²) in [5.74, 6) is -0.661. The molecule has 1 aliphatic heterocycles. The third-order valence-electron chi connectivity index (χ3n) is 3.11. The predicted octanol–water partition coefficient (Wildman–Crippen LogP) is 2.50. The van der Waals surface area contributed by atoms with Gasteiger partial charge in [0.05, 0.1) is 14.0 Å². The molecule has 2 atom stereocenters. The molecule has 0 amide bonds. The van der Waals surface area contributed by atoms with Crippen LogP contribution in [0.3, 0.4) is 0 Å². The molecule has 0 unspecified atom stereocenters. The van der Waals surface area contributed by atoms with Crippen molar-refractivity contribution in [2.75, 3.05) is 7.11 Å². The zero-order valence-corrected chi connectivity index (χ0v) is 10.2. The van der Waals surface area contributed by atoms with Gasteiger partial charge in [-0.1, -0.05) is 60.5 Å². The first kappa shape index (κ1) is 7.46. The van der Waals surface area contributed by atoms with E-state index in [2.05, 4.69) is 0 Å². The van der Waals surface area contributed by atoms with Gasteiger partial charge in [-0.05, 0) is 11.1 Å². The highest BCUT2D eigenvalue weighted by molar-refractivity contribution is 5.81. The fourth-order valence-electron chi connectivity index (χ4n) is 2.15. The largest absolute Gasteiger partial charge is 0.467 e. The molecular formula is C16H14O3. The molecule has 1 heterocycles. The van der Waals surface area contributed by atoms with Crippen molar-refractivity contribution < 1.29 is 21.1 Å². The Morgan fingerprint density at radius 2 is 1.89 bits per heavy atom. The summed E-state index contributed by atoms with van der Waals surface area (Å²) in [5, 5.41) is 0. The van der Waals surface area contributed by atoms with Crippen molar-refractivity contribution in [1.82, 2.24) is 0 Å². The monoisotopic (exact) mass is 259 g/mol. The Hall–Kier alpha value is -2.13. The first-order chi connectivity index (χ1) is 11.4. The van der Waals surface area contributed by atoms with E-state index >= 15 is 0 Å². The quantitative estimate of drug-likeness (QED) is 0.628. The molecular weight excluding hydrogens is 240 g/mol. The fourth-order valence-corrected chi connectivity index (χ4v) is 2.15. The average Bonchev–Trinajstić information content (AvgIpc) is 3.35. The van der Waals surface area contributed by atoms with Crippen LogP contribution in [-0.2, 0) is 19.9 Å². The van der Waals surface area contributed by atoms with Crippen molar-refractivity contribution in [3.05, 3.63) is 71.7 Å². The Labute approximate surface area is 118 Å². The van der Waals surface area contributed by atoms with Gasteiger partial charge in [0.15, 0.2) is 11.7 Å².